The standard InChI is InChI=1S/C20H25N3O2/c1-12(2)9-19(24)22-17-8-6-15(10-14(17)4)20(25)23-18-11-16(21)7-5-13(18)3/h5-8,10-12H,9,21H2,1-4H3,(H,22,24)(H,23,25). The van der Waals surface area contributed by atoms with Crippen LogP contribution in [0.2, 0.25) is 0 Å². The summed E-state index contributed by atoms with van der Waals surface area (Å²) in [6, 6.07) is 10.6. The number of nitrogen functional groups attached to an aromatic ring is 1. The van der Waals surface area contributed by atoms with Crippen LogP contribution in [0.3, 0.4) is 0 Å². The number of aryl methyl sites for hydroxylation is 2. The molecule has 0 aromatic heterocycles. The van der Waals surface area contributed by atoms with Crippen molar-refractivity contribution in [3.63, 3.8) is 0 Å². The van der Waals surface area contributed by atoms with E-state index in [1.54, 1.807) is 30.3 Å². The van der Waals surface area contributed by atoms with Crippen molar-refractivity contribution in [1.82, 2.24) is 0 Å². The maximum Gasteiger partial charge on any atom is 0.255 e. The van der Waals surface area contributed by atoms with E-state index in [9.17, 15) is 9.59 Å². The van der Waals surface area contributed by atoms with Crippen molar-refractivity contribution in [3.05, 3.63) is 53.1 Å². The van der Waals surface area contributed by atoms with E-state index in [0.29, 0.717) is 29.3 Å². The number of nitrogens with two attached hydrogens (primary N) is 1. The summed E-state index contributed by atoms with van der Waals surface area (Å²) in [5, 5.41) is 5.76. The zero-order valence-corrected chi connectivity index (χ0v) is 15.1. The monoisotopic (exact) mass is 339 g/mol. The molecule has 0 bridgehead atoms. The summed E-state index contributed by atoms with van der Waals surface area (Å²) in [5.74, 6) is 0.0643. The predicted molar refractivity (Wildman–Crippen MR) is 103 cm³/mol. The van der Waals surface area contributed by atoms with Gasteiger partial charge in [0.15, 0.2) is 0 Å². The van der Waals surface area contributed by atoms with Crippen LogP contribution in [0, 0.1) is 19.8 Å². The van der Waals surface area contributed by atoms with E-state index < -0.39 is 0 Å². The second kappa shape index (κ2) is 7.83. The Kier molecular flexibility index (Phi) is 5.80. The zero-order valence-electron chi connectivity index (χ0n) is 15.1. The van der Waals surface area contributed by atoms with Crippen molar-refractivity contribution in [1.29, 1.82) is 0 Å². The molecule has 5 nitrogen and oxygen atoms in total. The first-order valence-corrected chi connectivity index (χ1v) is 8.34. The van der Waals surface area contributed by atoms with Gasteiger partial charge in [-0.05, 0) is 61.2 Å². The Morgan fingerprint density at radius 1 is 0.960 bits per heavy atom. The van der Waals surface area contributed by atoms with Gasteiger partial charge in [0.2, 0.25) is 5.91 Å². The van der Waals surface area contributed by atoms with Crippen LogP contribution in [0.4, 0.5) is 17.1 Å². The van der Waals surface area contributed by atoms with Gasteiger partial charge in [-0.2, -0.15) is 0 Å². The maximum absolute atomic E-state index is 12.5. The van der Waals surface area contributed by atoms with Gasteiger partial charge in [-0.1, -0.05) is 19.9 Å². The lowest BCUT2D eigenvalue weighted by Gasteiger charge is -2.12. The molecule has 2 rings (SSSR count). The number of rotatable bonds is 5. The summed E-state index contributed by atoms with van der Waals surface area (Å²) in [6.07, 6.45) is 0.469. The third-order valence-corrected chi connectivity index (χ3v) is 3.87. The Balaban J connectivity index is 2.12. The molecule has 0 saturated carbocycles. The first-order chi connectivity index (χ1) is 11.8. The van der Waals surface area contributed by atoms with E-state index >= 15 is 0 Å². The number of hydrogen-bond donors (Lipinski definition) is 3. The average Bonchev–Trinajstić information content (AvgIpc) is 2.52. The molecule has 0 unspecified atom stereocenters. The molecule has 4 N–H and O–H groups in total. The normalized spacial score (nSPS) is 10.6. The zero-order chi connectivity index (χ0) is 18.6. The molecule has 0 aliphatic carbocycles. The Bertz CT molecular complexity index is 798. The molecular weight excluding hydrogens is 314 g/mol. The van der Waals surface area contributed by atoms with Gasteiger partial charge < -0.3 is 16.4 Å². The summed E-state index contributed by atoms with van der Waals surface area (Å²) in [6.45, 7) is 7.78. The predicted octanol–water partition coefficient (Wildman–Crippen LogP) is 4.12. The van der Waals surface area contributed by atoms with Crippen LogP contribution in [0.1, 0.15) is 41.8 Å². The lowest BCUT2D eigenvalue weighted by molar-refractivity contribution is -0.116. The average molecular weight is 339 g/mol. The molecule has 5 heteroatoms. The van der Waals surface area contributed by atoms with Crippen LogP contribution < -0.4 is 16.4 Å². The Morgan fingerprint density at radius 3 is 2.32 bits per heavy atom. The molecule has 0 aliphatic heterocycles. The van der Waals surface area contributed by atoms with Crippen molar-refractivity contribution >= 4 is 28.9 Å². The quantitative estimate of drug-likeness (QED) is 0.716. The minimum Gasteiger partial charge on any atom is -0.399 e. The molecule has 132 valence electrons. The first kappa shape index (κ1) is 18.5. The minimum atomic E-state index is -0.211. The Morgan fingerprint density at radius 2 is 1.68 bits per heavy atom. The van der Waals surface area contributed by atoms with Gasteiger partial charge in [-0.25, -0.2) is 0 Å². The van der Waals surface area contributed by atoms with Crippen molar-refractivity contribution in [2.75, 3.05) is 16.4 Å². The van der Waals surface area contributed by atoms with Crippen molar-refractivity contribution < 1.29 is 9.59 Å². The van der Waals surface area contributed by atoms with Gasteiger partial charge in [0.25, 0.3) is 5.91 Å². The second-order valence-corrected chi connectivity index (χ2v) is 6.70. The van der Waals surface area contributed by atoms with Gasteiger partial charge in [0, 0.05) is 29.0 Å². The van der Waals surface area contributed by atoms with E-state index in [1.165, 1.54) is 0 Å². The Labute approximate surface area is 148 Å². The summed E-state index contributed by atoms with van der Waals surface area (Å²) >= 11 is 0. The van der Waals surface area contributed by atoms with Gasteiger partial charge in [-0.3, -0.25) is 9.59 Å². The molecule has 2 aromatic rings. The summed E-state index contributed by atoms with van der Waals surface area (Å²) in [4.78, 5) is 24.4. The minimum absolute atomic E-state index is 0.0225. The fourth-order valence-corrected chi connectivity index (χ4v) is 2.49. The van der Waals surface area contributed by atoms with E-state index in [0.717, 1.165) is 16.8 Å². The van der Waals surface area contributed by atoms with Gasteiger partial charge in [0.05, 0.1) is 0 Å². The van der Waals surface area contributed by atoms with Crippen LogP contribution >= 0.6 is 0 Å². The molecule has 2 aromatic carbocycles. The largest absolute Gasteiger partial charge is 0.399 e. The van der Waals surface area contributed by atoms with E-state index in [4.69, 9.17) is 5.73 Å². The highest BCUT2D eigenvalue weighted by Crippen LogP contribution is 2.21. The fourth-order valence-electron chi connectivity index (χ4n) is 2.49. The van der Waals surface area contributed by atoms with E-state index in [2.05, 4.69) is 10.6 Å². The van der Waals surface area contributed by atoms with Crippen LogP contribution in [-0.4, -0.2) is 11.8 Å². The van der Waals surface area contributed by atoms with Crippen molar-refractivity contribution in [2.24, 2.45) is 5.92 Å². The van der Waals surface area contributed by atoms with Gasteiger partial charge in [-0.15, -0.1) is 0 Å². The lowest BCUT2D eigenvalue weighted by Crippen LogP contribution is -2.16. The van der Waals surface area contributed by atoms with Gasteiger partial charge in [0.1, 0.15) is 0 Å². The number of benzene rings is 2. The Hall–Kier alpha value is -2.82. The summed E-state index contributed by atoms with van der Waals surface area (Å²) in [5.41, 5.74) is 10.1. The highest BCUT2D eigenvalue weighted by Gasteiger charge is 2.12. The molecule has 0 saturated heterocycles. The third-order valence-electron chi connectivity index (χ3n) is 3.87. The molecule has 0 radical (unpaired) electrons. The topological polar surface area (TPSA) is 84.2 Å². The first-order valence-electron chi connectivity index (χ1n) is 8.34. The molecule has 0 atom stereocenters. The smallest absolute Gasteiger partial charge is 0.255 e. The van der Waals surface area contributed by atoms with E-state index in [-0.39, 0.29) is 11.8 Å². The van der Waals surface area contributed by atoms with Crippen LogP contribution in [0.15, 0.2) is 36.4 Å². The lowest BCUT2D eigenvalue weighted by atomic mass is 10.1. The maximum atomic E-state index is 12.5. The number of hydrogen-bond acceptors (Lipinski definition) is 3. The highest BCUT2D eigenvalue weighted by atomic mass is 16.2. The molecule has 0 aliphatic rings. The van der Waals surface area contributed by atoms with Crippen LogP contribution in [0.25, 0.3) is 0 Å². The van der Waals surface area contributed by atoms with Crippen molar-refractivity contribution in [2.45, 2.75) is 34.1 Å². The molecule has 0 fully saturated rings. The summed E-state index contributed by atoms with van der Waals surface area (Å²) < 4.78 is 0. The fraction of sp³-hybridized carbons (Fsp3) is 0.300. The highest BCUT2D eigenvalue weighted by molar-refractivity contribution is 6.05. The second-order valence-electron chi connectivity index (χ2n) is 6.70. The summed E-state index contributed by atoms with van der Waals surface area (Å²) in [7, 11) is 0. The molecule has 0 spiro atoms. The van der Waals surface area contributed by atoms with Gasteiger partial charge >= 0.3 is 0 Å². The van der Waals surface area contributed by atoms with Crippen LogP contribution in [-0.2, 0) is 4.79 Å². The van der Waals surface area contributed by atoms with Crippen LogP contribution in [0.5, 0.6) is 0 Å². The number of anilines is 3. The number of carbonyl (C=O) groups is 2. The van der Waals surface area contributed by atoms with E-state index in [1.807, 2.05) is 33.8 Å². The number of nitrogens with one attached hydrogen (secondary N) is 2. The molecule has 25 heavy (non-hydrogen) atoms. The third kappa shape index (κ3) is 5.08. The molecule has 0 heterocycles. The number of carbonyl (C=O) groups excluding carboxylic acids is 2. The van der Waals surface area contributed by atoms with Crippen molar-refractivity contribution in [3.8, 4) is 0 Å². The molecular formula is C20H25N3O2. The number of amides is 2. The molecule has 2 amide bonds. The SMILES string of the molecule is Cc1cc(C(=O)Nc2cc(N)ccc2C)ccc1NC(=O)CC(C)C.